The second-order valence-corrected chi connectivity index (χ2v) is 7.15. The fourth-order valence-corrected chi connectivity index (χ4v) is 3.45. The minimum atomic E-state index is -0.249. The van der Waals surface area contributed by atoms with E-state index in [9.17, 15) is 9.18 Å². The van der Waals surface area contributed by atoms with Crippen LogP contribution in [0.1, 0.15) is 36.5 Å². The standard InChI is InChI=1S/C23H29FN4O.HI/c1-2-25-23(27-16-19-9-5-6-11-21(19)24)26-14-7-12-22(29)28-15-13-18-8-3-4-10-20(18)17-28;/h3-6,8-11H,2,7,12-17H2,1H3,(H2,25,26,27);1H. The summed E-state index contributed by atoms with van der Waals surface area (Å²) in [5.41, 5.74) is 3.16. The number of halogens is 2. The minimum absolute atomic E-state index is 0. The molecule has 5 nitrogen and oxygen atoms in total. The van der Waals surface area contributed by atoms with Crippen molar-refractivity contribution in [2.45, 2.75) is 39.3 Å². The van der Waals surface area contributed by atoms with Crippen molar-refractivity contribution >= 4 is 35.8 Å². The number of nitrogens with zero attached hydrogens (tertiary/aromatic N) is 2. The number of aliphatic imine (C=N–C) groups is 1. The van der Waals surface area contributed by atoms with Gasteiger partial charge in [0, 0.05) is 38.2 Å². The maximum absolute atomic E-state index is 13.7. The van der Waals surface area contributed by atoms with Crippen molar-refractivity contribution in [2.24, 2.45) is 4.99 Å². The van der Waals surface area contributed by atoms with E-state index in [1.165, 1.54) is 17.2 Å². The van der Waals surface area contributed by atoms with Crippen LogP contribution < -0.4 is 10.6 Å². The monoisotopic (exact) mass is 524 g/mol. The van der Waals surface area contributed by atoms with E-state index >= 15 is 0 Å². The highest BCUT2D eigenvalue weighted by Crippen LogP contribution is 2.19. The third-order valence-electron chi connectivity index (χ3n) is 5.05. The number of carbonyl (C=O) groups is 1. The molecule has 0 aliphatic carbocycles. The summed E-state index contributed by atoms with van der Waals surface area (Å²) in [6.07, 6.45) is 2.15. The molecule has 162 valence electrons. The van der Waals surface area contributed by atoms with Crippen molar-refractivity contribution in [3.8, 4) is 0 Å². The van der Waals surface area contributed by atoms with Gasteiger partial charge < -0.3 is 15.5 Å². The van der Waals surface area contributed by atoms with Crippen molar-refractivity contribution in [1.29, 1.82) is 0 Å². The van der Waals surface area contributed by atoms with Crippen LogP contribution in [0.15, 0.2) is 53.5 Å². The first-order valence-corrected chi connectivity index (χ1v) is 10.3. The summed E-state index contributed by atoms with van der Waals surface area (Å²) in [6, 6.07) is 15.0. The number of amides is 1. The van der Waals surface area contributed by atoms with Crippen molar-refractivity contribution in [3.05, 3.63) is 71.0 Å². The second-order valence-electron chi connectivity index (χ2n) is 7.15. The average Bonchev–Trinajstić information content (AvgIpc) is 2.75. The van der Waals surface area contributed by atoms with Crippen molar-refractivity contribution < 1.29 is 9.18 Å². The van der Waals surface area contributed by atoms with Gasteiger partial charge in [-0.2, -0.15) is 0 Å². The molecule has 7 heteroatoms. The molecule has 0 aromatic heterocycles. The molecule has 1 heterocycles. The van der Waals surface area contributed by atoms with Gasteiger partial charge in [-0.3, -0.25) is 4.79 Å². The van der Waals surface area contributed by atoms with E-state index in [4.69, 9.17) is 0 Å². The molecular weight excluding hydrogens is 494 g/mol. The predicted molar refractivity (Wildman–Crippen MR) is 129 cm³/mol. The molecule has 1 amide bonds. The van der Waals surface area contributed by atoms with Gasteiger partial charge in [0.05, 0.1) is 6.54 Å². The Morgan fingerprint density at radius 3 is 2.60 bits per heavy atom. The summed E-state index contributed by atoms with van der Waals surface area (Å²) in [5.74, 6) is 0.575. The van der Waals surface area contributed by atoms with Gasteiger partial charge >= 0.3 is 0 Å². The number of hydrogen-bond acceptors (Lipinski definition) is 2. The van der Waals surface area contributed by atoms with E-state index in [0.717, 1.165) is 25.9 Å². The average molecular weight is 524 g/mol. The summed E-state index contributed by atoms with van der Waals surface area (Å²) < 4.78 is 13.7. The number of nitrogens with one attached hydrogen (secondary N) is 2. The van der Waals surface area contributed by atoms with Crippen molar-refractivity contribution in [2.75, 3.05) is 19.6 Å². The third-order valence-corrected chi connectivity index (χ3v) is 5.05. The molecule has 0 fully saturated rings. The quantitative estimate of drug-likeness (QED) is 0.251. The molecule has 1 aliphatic rings. The number of guanidine groups is 1. The Hall–Kier alpha value is -2.16. The summed E-state index contributed by atoms with van der Waals surface area (Å²) in [4.78, 5) is 18.9. The van der Waals surface area contributed by atoms with Crippen molar-refractivity contribution in [1.82, 2.24) is 15.5 Å². The second kappa shape index (κ2) is 12.5. The molecule has 0 radical (unpaired) electrons. The smallest absolute Gasteiger partial charge is 0.222 e. The first-order valence-electron chi connectivity index (χ1n) is 10.3. The van der Waals surface area contributed by atoms with Crippen LogP contribution in [0.2, 0.25) is 0 Å². The molecule has 0 atom stereocenters. The highest BCUT2D eigenvalue weighted by Gasteiger charge is 2.19. The third kappa shape index (κ3) is 6.97. The Labute approximate surface area is 195 Å². The lowest BCUT2D eigenvalue weighted by molar-refractivity contribution is -0.132. The molecule has 3 rings (SSSR count). The number of carbonyl (C=O) groups excluding carboxylic acids is 1. The summed E-state index contributed by atoms with van der Waals surface area (Å²) in [6.45, 7) is 5.10. The normalized spacial score (nSPS) is 13.3. The van der Waals surface area contributed by atoms with Crippen LogP contribution in [-0.4, -0.2) is 36.4 Å². The van der Waals surface area contributed by atoms with E-state index < -0.39 is 0 Å². The Balaban J connectivity index is 0.00000320. The molecule has 2 N–H and O–H groups in total. The molecule has 0 unspecified atom stereocenters. The van der Waals surface area contributed by atoms with Gasteiger partial charge in [0.15, 0.2) is 5.96 Å². The first kappa shape index (κ1) is 24.1. The van der Waals surface area contributed by atoms with Crippen LogP contribution in [-0.2, 0) is 24.3 Å². The molecule has 2 aromatic carbocycles. The topological polar surface area (TPSA) is 56.7 Å². The lowest BCUT2D eigenvalue weighted by atomic mass is 9.99. The van der Waals surface area contributed by atoms with Crippen LogP contribution in [0.5, 0.6) is 0 Å². The van der Waals surface area contributed by atoms with Crippen LogP contribution in [0.25, 0.3) is 0 Å². The van der Waals surface area contributed by atoms with Crippen molar-refractivity contribution in [3.63, 3.8) is 0 Å². The Morgan fingerprint density at radius 1 is 1.10 bits per heavy atom. The fraction of sp³-hybridized carbons (Fsp3) is 0.391. The zero-order valence-electron chi connectivity index (χ0n) is 17.4. The van der Waals surface area contributed by atoms with Gasteiger partial charge in [0.25, 0.3) is 0 Å². The Bertz CT molecular complexity index is 859. The first-order chi connectivity index (χ1) is 14.2. The van der Waals surface area contributed by atoms with Crippen LogP contribution in [0.4, 0.5) is 4.39 Å². The zero-order chi connectivity index (χ0) is 20.5. The lowest BCUT2D eigenvalue weighted by Crippen LogP contribution is -2.39. The number of rotatable bonds is 7. The van der Waals surface area contributed by atoms with Gasteiger partial charge in [-0.05, 0) is 37.0 Å². The summed E-state index contributed by atoms with van der Waals surface area (Å²) in [5, 5.41) is 6.39. The highest BCUT2D eigenvalue weighted by atomic mass is 127. The van der Waals surface area contributed by atoms with E-state index in [1.807, 2.05) is 17.9 Å². The molecular formula is C23H30FIN4O. The molecule has 0 bridgehead atoms. The lowest BCUT2D eigenvalue weighted by Gasteiger charge is -2.29. The van der Waals surface area contributed by atoms with Crippen LogP contribution in [0, 0.1) is 5.82 Å². The minimum Gasteiger partial charge on any atom is -0.357 e. The van der Waals surface area contributed by atoms with Gasteiger partial charge in [-0.25, -0.2) is 9.38 Å². The molecule has 2 aromatic rings. The van der Waals surface area contributed by atoms with E-state index in [-0.39, 0.29) is 42.2 Å². The maximum Gasteiger partial charge on any atom is 0.222 e. The van der Waals surface area contributed by atoms with Gasteiger partial charge in [-0.15, -0.1) is 24.0 Å². The van der Waals surface area contributed by atoms with Gasteiger partial charge in [-0.1, -0.05) is 42.5 Å². The maximum atomic E-state index is 13.7. The molecule has 0 saturated carbocycles. The van der Waals surface area contributed by atoms with Gasteiger partial charge in [0.2, 0.25) is 5.91 Å². The van der Waals surface area contributed by atoms with E-state index in [0.29, 0.717) is 31.0 Å². The predicted octanol–water partition coefficient (Wildman–Crippen LogP) is 3.86. The van der Waals surface area contributed by atoms with Crippen LogP contribution in [0.3, 0.4) is 0 Å². The largest absolute Gasteiger partial charge is 0.357 e. The van der Waals surface area contributed by atoms with E-state index in [1.54, 1.807) is 18.2 Å². The Kier molecular flexibility index (Phi) is 10.1. The zero-order valence-corrected chi connectivity index (χ0v) is 19.7. The fourth-order valence-electron chi connectivity index (χ4n) is 3.45. The van der Waals surface area contributed by atoms with E-state index in [2.05, 4.69) is 33.8 Å². The SMILES string of the molecule is CCNC(=NCc1ccccc1F)NCCCC(=O)N1CCc2ccccc2C1.I. The molecule has 0 spiro atoms. The van der Waals surface area contributed by atoms with Crippen LogP contribution >= 0.6 is 24.0 Å². The summed E-state index contributed by atoms with van der Waals surface area (Å²) >= 11 is 0. The Morgan fingerprint density at radius 2 is 1.83 bits per heavy atom. The number of hydrogen-bond donors (Lipinski definition) is 2. The molecule has 30 heavy (non-hydrogen) atoms. The summed E-state index contributed by atoms with van der Waals surface area (Å²) in [7, 11) is 0. The molecule has 1 aliphatic heterocycles. The van der Waals surface area contributed by atoms with Gasteiger partial charge in [0.1, 0.15) is 5.82 Å². The number of benzene rings is 2. The number of fused-ring (bicyclic) bond motifs is 1. The molecule has 0 saturated heterocycles. The highest BCUT2D eigenvalue weighted by molar-refractivity contribution is 14.0.